The molecule has 1 aromatic carbocycles. The standard InChI is InChI=1S/C19H15FN4O2S2/c20-13-4-1-3-12(9-13)10-14-11-21-19(28-14)22-16(25)6-7-17-23-18(24-26-17)15-5-2-8-27-15/h1-5,8-9,11H,6-7,10H2,(H,21,22,25). The maximum absolute atomic E-state index is 13.3. The van der Waals surface area contributed by atoms with Crippen LogP contribution in [0.1, 0.15) is 22.8 Å². The number of carbonyl (C=O) groups excluding carboxylic acids is 1. The van der Waals surface area contributed by atoms with Crippen molar-refractivity contribution in [2.75, 3.05) is 5.32 Å². The second kappa shape index (κ2) is 8.41. The maximum Gasteiger partial charge on any atom is 0.227 e. The number of anilines is 1. The first kappa shape index (κ1) is 18.5. The third kappa shape index (κ3) is 4.68. The Balaban J connectivity index is 1.29. The molecule has 0 spiro atoms. The highest BCUT2D eigenvalue weighted by Crippen LogP contribution is 2.23. The second-order valence-corrected chi connectivity index (χ2v) is 8.04. The quantitative estimate of drug-likeness (QED) is 0.480. The van der Waals surface area contributed by atoms with E-state index in [1.165, 1.54) is 34.8 Å². The van der Waals surface area contributed by atoms with Gasteiger partial charge in [-0.1, -0.05) is 23.4 Å². The van der Waals surface area contributed by atoms with E-state index in [-0.39, 0.29) is 18.1 Å². The third-order valence-electron chi connectivity index (χ3n) is 3.84. The van der Waals surface area contributed by atoms with Gasteiger partial charge in [0.15, 0.2) is 5.13 Å². The molecule has 0 aliphatic heterocycles. The Bertz CT molecular complexity index is 1080. The van der Waals surface area contributed by atoms with Crippen LogP contribution in [0.4, 0.5) is 9.52 Å². The highest BCUT2D eigenvalue weighted by atomic mass is 32.1. The Hall–Kier alpha value is -2.91. The second-order valence-electron chi connectivity index (χ2n) is 5.98. The van der Waals surface area contributed by atoms with Gasteiger partial charge in [-0.25, -0.2) is 9.37 Å². The number of amides is 1. The summed E-state index contributed by atoms with van der Waals surface area (Å²) in [5.41, 5.74) is 0.861. The fraction of sp³-hybridized carbons (Fsp3) is 0.158. The van der Waals surface area contributed by atoms with Gasteiger partial charge in [0.1, 0.15) is 5.82 Å². The zero-order valence-corrected chi connectivity index (χ0v) is 16.2. The van der Waals surface area contributed by atoms with Crippen molar-refractivity contribution in [2.24, 2.45) is 0 Å². The van der Waals surface area contributed by atoms with Crippen LogP contribution in [-0.4, -0.2) is 21.0 Å². The summed E-state index contributed by atoms with van der Waals surface area (Å²) in [5, 5.41) is 9.15. The van der Waals surface area contributed by atoms with Gasteiger partial charge in [0.05, 0.1) is 4.88 Å². The van der Waals surface area contributed by atoms with Gasteiger partial charge in [0.2, 0.25) is 17.6 Å². The summed E-state index contributed by atoms with van der Waals surface area (Å²) in [6.07, 6.45) is 2.83. The largest absolute Gasteiger partial charge is 0.339 e. The van der Waals surface area contributed by atoms with Gasteiger partial charge < -0.3 is 9.84 Å². The van der Waals surface area contributed by atoms with Crippen molar-refractivity contribution < 1.29 is 13.7 Å². The molecule has 4 aromatic rings. The molecule has 0 unspecified atom stereocenters. The Kier molecular flexibility index (Phi) is 5.54. The van der Waals surface area contributed by atoms with Gasteiger partial charge in [-0.15, -0.1) is 22.7 Å². The molecule has 142 valence electrons. The van der Waals surface area contributed by atoms with Crippen molar-refractivity contribution in [3.05, 3.63) is 70.1 Å². The van der Waals surface area contributed by atoms with Crippen LogP contribution in [0.25, 0.3) is 10.7 Å². The summed E-state index contributed by atoms with van der Waals surface area (Å²) in [7, 11) is 0. The molecule has 0 fully saturated rings. The molecule has 6 nitrogen and oxygen atoms in total. The lowest BCUT2D eigenvalue weighted by molar-refractivity contribution is -0.116. The number of thiophene rings is 1. The highest BCUT2D eigenvalue weighted by Gasteiger charge is 2.12. The van der Waals surface area contributed by atoms with Gasteiger partial charge in [-0.2, -0.15) is 4.98 Å². The number of rotatable bonds is 7. The van der Waals surface area contributed by atoms with Crippen LogP contribution in [0.3, 0.4) is 0 Å². The molecule has 0 saturated heterocycles. The van der Waals surface area contributed by atoms with Gasteiger partial charge >= 0.3 is 0 Å². The van der Waals surface area contributed by atoms with E-state index >= 15 is 0 Å². The number of thiazole rings is 1. The summed E-state index contributed by atoms with van der Waals surface area (Å²) in [6, 6.07) is 10.3. The first-order valence-corrected chi connectivity index (χ1v) is 10.2. The number of hydrogen-bond acceptors (Lipinski definition) is 7. The minimum absolute atomic E-state index is 0.178. The molecule has 28 heavy (non-hydrogen) atoms. The molecular weight excluding hydrogens is 399 g/mol. The summed E-state index contributed by atoms with van der Waals surface area (Å²) in [4.78, 5) is 22.5. The molecule has 0 bridgehead atoms. The van der Waals surface area contributed by atoms with Crippen molar-refractivity contribution in [2.45, 2.75) is 19.3 Å². The molecule has 3 heterocycles. The predicted molar refractivity (Wildman–Crippen MR) is 106 cm³/mol. The summed E-state index contributed by atoms with van der Waals surface area (Å²) in [5.74, 6) is 0.512. The Morgan fingerprint density at radius 2 is 2.18 bits per heavy atom. The molecular formula is C19H15FN4O2S2. The van der Waals surface area contributed by atoms with Crippen LogP contribution in [0.5, 0.6) is 0 Å². The van der Waals surface area contributed by atoms with Gasteiger partial charge in [0, 0.05) is 30.3 Å². The van der Waals surface area contributed by atoms with Gasteiger partial charge in [0.25, 0.3) is 0 Å². The third-order valence-corrected chi connectivity index (χ3v) is 5.62. The Morgan fingerprint density at radius 3 is 3.00 bits per heavy atom. The first-order chi connectivity index (χ1) is 13.7. The normalized spacial score (nSPS) is 10.9. The zero-order valence-electron chi connectivity index (χ0n) is 14.6. The van der Waals surface area contributed by atoms with Crippen LogP contribution in [0.2, 0.25) is 0 Å². The predicted octanol–water partition coefficient (Wildman–Crippen LogP) is 4.56. The number of nitrogens with one attached hydrogen (secondary N) is 1. The van der Waals surface area contributed by atoms with Crippen molar-refractivity contribution in [1.82, 2.24) is 15.1 Å². The fourth-order valence-electron chi connectivity index (χ4n) is 2.56. The molecule has 4 rings (SSSR count). The first-order valence-electron chi connectivity index (χ1n) is 8.51. The minimum atomic E-state index is -0.265. The van der Waals surface area contributed by atoms with Crippen LogP contribution in [0, 0.1) is 5.82 Å². The summed E-state index contributed by atoms with van der Waals surface area (Å²) >= 11 is 2.90. The number of carbonyl (C=O) groups is 1. The minimum Gasteiger partial charge on any atom is -0.339 e. The van der Waals surface area contributed by atoms with Gasteiger partial charge in [-0.3, -0.25) is 4.79 Å². The smallest absolute Gasteiger partial charge is 0.227 e. The van der Waals surface area contributed by atoms with Crippen LogP contribution >= 0.6 is 22.7 Å². The Labute approximate surface area is 168 Å². The molecule has 0 aliphatic rings. The lowest BCUT2D eigenvalue weighted by Crippen LogP contribution is -2.12. The average molecular weight is 414 g/mol. The van der Waals surface area contributed by atoms with Crippen molar-refractivity contribution in [3.8, 4) is 10.7 Å². The topological polar surface area (TPSA) is 80.9 Å². The molecule has 0 atom stereocenters. The SMILES string of the molecule is O=C(CCc1nc(-c2cccs2)no1)Nc1ncc(Cc2cccc(F)c2)s1. The lowest BCUT2D eigenvalue weighted by Gasteiger charge is -1.99. The monoisotopic (exact) mass is 414 g/mol. The van der Waals surface area contributed by atoms with Crippen LogP contribution in [0.15, 0.2) is 52.5 Å². The van der Waals surface area contributed by atoms with E-state index in [0.717, 1.165) is 15.3 Å². The van der Waals surface area contributed by atoms with E-state index in [0.29, 0.717) is 29.7 Å². The summed E-state index contributed by atoms with van der Waals surface area (Å²) in [6.45, 7) is 0. The molecule has 0 aliphatic carbocycles. The number of halogens is 1. The van der Waals surface area contributed by atoms with Crippen molar-refractivity contribution in [3.63, 3.8) is 0 Å². The Morgan fingerprint density at radius 1 is 1.25 bits per heavy atom. The van der Waals surface area contributed by atoms with Crippen LogP contribution < -0.4 is 5.32 Å². The molecule has 3 aromatic heterocycles. The van der Waals surface area contributed by atoms with E-state index < -0.39 is 0 Å². The van der Waals surface area contributed by atoms with Crippen LogP contribution in [-0.2, 0) is 17.6 Å². The molecule has 0 radical (unpaired) electrons. The van der Waals surface area contributed by atoms with E-state index in [9.17, 15) is 9.18 Å². The molecule has 1 N–H and O–H groups in total. The van der Waals surface area contributed by atoms with Gasteiger partial charge in [-0.05, 0) is 29.1 Å². The molecule has 0 saturated carbocycles. The number of aryl methyl sites for hydroxylation is 1. The number of nitrogens with zero attached hydrogens (tertiary/aromatic N) is 3. The van der Waals surface area contributed by atoms with E-state index in [2.05, 4.69) is 20.4 Å². The zero-order chi connectivity index (χ0) is 19.3. The summed E-state index contributed by atoms with van der Waals surface area (Å²) < 4.78 is 18.5. The van der Waals surface area contributed by atoms with E-state index in [1.54, 1.807) is 12.3 Å². The molecule has 1 amide bonds. The van der Waals surface area contributed by atoms with Crippen molar-refractivity contribution in [1.29, 1.82) is 0 Å². The van der Waals surface area contributed by atoms with Crippen molar-refractivity contribution >= 4 is 33.7 Å². The number of aromatic nitrogens is 3. The number of benzene rings is 1. The number of hydrogen-bond donors (Lipinski definition) is 1. The molecule has 9 heteroatoms. The van der Waals surface area contributed by atoms with E-state index in [1.807, 2.05) is 23.6 Å². The fourth-order valence-corrected chi connectivity index (χ4v) is 4.07. The average Bonchev–Trinajstić information content (AvgIpc) is 3.42. The highest BCUT2D eigenvalue weighted by molar-refractivity contribution is 7.15. The maximum atomic E-state index is 13.3. The lowest BCUT2D eigenvalue weighted by atomic mass is 10.1. The van der Waals surface area contributed by atoms with E-state index in [4.69, 9.17) is 4.52 Å².